The number of carbonyl (C=O) groups is 3. The number of nitrogens with one attached hydrogen (secondary N) is 2. The van der Waals surface area contributed by atoms with E-state index in [2.05, 4.69) is 17.6 Å². The zero-order valence-electron chi connectivity index (χ0n) is 22.0. The van der Waals surface area contributed by atoms with E-state index in [1.165, 1.54) is 4.90 Å². The lowest BCUT2D eigenvalue weighted by molar-refractivity contribution is -0.145. The minimum Gasteiger partial charge on any atom is -0.444 e. The Balaban J connectivity index is 3.33. The van der Waals surface area contributed by atoms with Crippen molar-refractivity contribution in [3.05, 3.63) is 34.9 Å². The number of aliphatic hydroxyl groups excluding tert-OH is 1. The molecule has 0 bridgehead atoms. The average Bonchev–Trinajstić information content (AvgIpc) is 2.73. The van der Waals surface area contributed by atoms with Gasteiger partial charge in [-0.05, 0) is 71.6 Å². The van der Waals surface area contributed by atoms with Crippen LogP contribution in [0.1, 0.15) is 83.5 Å². The maximum Gasteiger partial charge on any atom is 0.408 e. The third kappa shape index (κ3) is 8.97. The molecule has 8 nitrogen and oxygen atoms in total. The predicted octanol–water partition coefficient (Wildman–Crippen LogP) is 3.77. The van der Waals surface area contributed by atoms with Crippen molar-refractivity contribution in [2.45, 2.75) is 98.4 Å². The number of ether oxygens (including phenoxy) is 1. The average molecular weight is 478 g/mol. The van der Waals surface area contributed by atoms with E-state index in [-0.39, 0.29) is 11.9 Å². The quantitative estimate of drug-likeness (QED) is 0.421. The number of hydrogen-bond acceptors (Lipinski definition) is 5. The van der Waals surface area contributed by atoms with Gasteiger partial charge in [0.25, 0.3) is 0 Å². The van der Waals surface area contributed by atoms with Crippen LogP contribution >= 0.6 is 0 Å². The first-order valence-corrected chi connectivity index (χ1v) is 12.1. The number of aryl methyl sites for hydroxylation is 2. The van der Waals surface area contributed by atoms with Crippen molar-refractivity contribution >= 4 is 17.9 Å². The van der Waals surface area contributed by atoms with E-state index in [0.29, 0.717) is 12.1 Å². The van der Waals surface area contributed by atoms with Crippen LogP contribution in [0.15, 0.2) is 18.2 Å². The smallest absolute Gasteiger partial charge is 0.408 e. The Bertz CT molecular complexity index is 832. The van der Waals surface area contributed by atoms with Gasteiger partial charge in [0.1, 0.15) is 17.7 Å². The summed E-state index contributed by atoms with van der Waals surface area (Å²) in [5, 5.41) is 15.3. The number of rotatable bonds is 11. The van der Waals surface area contributed by atoms with Crippen molar-refractivity contribution in [3.8, 4) is 0 Å². The fourth-order valence-corrected chi connectivity index (χ4v) is 3.55. The molecule has 3 amide bonds. The van der Waals surface area contributed by atoms with Gasteiger partial charge in [-0.15, -0.1) is 0 Å². The lowest BCUT2D eigenvalue weighted by atomic mass is 9.97. The van der Waals surface area contributed by atoms with E-state index in [1.54, 1.807) is 34.6 Å². The topological polar surface area (TPSA) is 108 Å². The molecule has 0 fully saturated rings. The highest BCUT2D eigenvalue weighted by molar-refractivity contribution is 5.92. The van der Waals surface area contributed by atoms with Gasteiger partial charge >= 0.3 is 6.09 Å². The van der Waals surface area contributed by atoms with E-state index in [9.17, 15) is 19.5 Å². The first-order valence-electron chi connectivity index (χ1n) is 12.1. The second-order valence-corrected chi connectivity index (χ2v) is 9.97. The van der Waals surface area contributed by atoms with E-state index in [0.717, 1.165) is 30.4 Å². The molecule has 0 saturated carbocycles. The predicted molar refractivity (Wildman–Crippen MR) is 133 cm³/mol. The van der Waals surface area contributed by atoms with Gasteiger partial charge < -0.3 is 25.4 Å². The molecule has 0 aliphatic rings. The van der Waals surface area contributed by atoms with E-state index in [4.69, 9.17) is 4.74 Å². The number of unbranched alkanes of at least 4 members (excludes halogenated alkanes) is 2. The van der Waals surface area contributed by atoms with Gasteiger partial charge in [0.2, 0.25) is 11.8 Å². The number of alkyl carbamates (subject to hydrolysis) is 1. The number of hydrogen-bond donors (Lipinski definition) is 3. The van der Waals surface area contributed by atoms with Gasteiger partial charge in [0, 0.05) is 12.6 Å². The Morgan fingerprint density at radius 1 is 1.09 bits per heavy atom. The molecule has 8 heteroatoms. The molecule has 0 aromatic heterocycles. The second-order valence-electron chi connectivity index (χ2n) is 9.97. The fourth-order valence-electron chi connectivity index (χ4n) is 3.55. The first-order chi connectivity index (χ1) is 15.8. The van der Waals surface area contributed by atoms with Crippen molar-refractivity contribution in [1.29, 1.82) is 0 Å². The standard InChI is InChI=1S/C26H43N3O5/c1-9-10-11-14-27-23(31)22(20-13-12-18(4)19(5)15-20)29(17(2)3)24(32)21(16-30)28-25(33)34-26(6,7)8/h12-13,15,17,21-22,30H,9-11,14,16H2,1-8H3,(H,27,31)(H,28,33). The molecule has 3 N–H and O–H groups in total. The van der Waals surface area contributed by atoms with E-state index >= 15 is 0 Å². The van der Waals surface area contributed by atoms with Gasteiger partial charge in [0.05, 0.1) is 6.61 Å². The second kappa shape index (κ2) is 13.3. The van der Waals surface area contributed by atoms with Crippen LogP contribution in [0.4, 0.5) is 4.79 Å². The number of nitrogens with zero attached hydrogens (tertiary/aromatic N) is 1. The van der Waals surface area contributed by atoms with Crippen LogP contribution in [0.5, 0.6) is 0 Å². The summed E-state index contributed by atoms with van der Waals surface area (Å²) >= 11 is 0. The molecule has 34 heavy (non-hydrogen) atoms. The van der Waals surface area contributed by atoms with Crippen molar-refractivity contribution in [2.24, 2.45) is 0 Å². The van der Waals surface area contributed by atoms with Gasteiger partial charge in [-0.25, -0.2) is 4.79 Å². The van der Waals surface area contributed by atoms with Gasteiger partial charge in [-0.2, -0.15) is 0 Å². The Hall–Kier alpha value is -2.61. The molecular formula is C26H43N3O5. The molecule has 0 aliphatic carbocycles. The van der Waals surface area contributed by atoms with Crippen LogP contribution in [-0.4, -0.2) is 58.8 Å². The van der Waals surface area contributed by atoms with Gasteiger partial charge in [0.15, 0.2) is 0 Å². The van der Waals surface area contributed by atoms with Crippen molar-refractivity contribution in [2.75, 3.05) is 13.2 Å². The Labute approximate surface area is 204 Å². The van der Waals surface area contributed by atoms with Crippen LogP contribution < -0.4 is 10.6 Å². The van der Waals surface area contributed by atoms with E-state index in [1.807, 2.05) is 32.0 Å². The highest BCUT2D eigenvalue weighted by Crippen LogP contribution is 2.27. The molecule has 0 aliphatic heterocycles. The summed E-state index contributed by atoms with van der Waals surface area (Å²) in [5.41, 5.74) is 1.99. The SMILES string of the molecule is CCCCCNC(=O)C(c1ccc(C)c(C)c1)N(C(=O)C(CO)NC(=O)OC(C)(C)C)C(C)C. The normalized spacial score (nSPS) is 13.2. The number of benzene rings is 1. The Morgan fingerprint density at radius 2 is 1.74 bits per heavy atom. The molecule has 0 radical (unpaired) electrons. The summed E-state index contributed by atoms with van der Waals surface area (Å²) in [6.45, 7) is 14.6. The molecule has 1 rings (SSSR count). The minimum absolute atomic E-state index is 0.296. The number of carbonyl (C=O) groups excluding carboxylic acids is 3. The maximum absolute atomic E-state index is 13.6. The zero-order chi connectivity index (χ0) is 26.1. The van der Waals surface area contributed by atoms with Gasteiger partial charge in [-0.3, -0.25) is 9.59 Å². The zero-order valence-corrected chi connectivity index (χ0v) is 22.0. The molecule has 0 spiro atoms. The Morgan fingerprint density at radius 3 is 2.24 bits per heavy atom. The van der Waals surface area contributed by atoms with E-state index < -0.39 is 36.3 Å². The lowest BCUT2D eigenvalue weighted by Gasteiger charge is -2.37. The minimum atomic E-state index is -1.25. The summed E-state index contributed by atoms with van der Waals surface area (Å²) in [7, 11) is 0. The van der Waals surface area contributed by atoms with Crippen LogP contribution in [0.25, 0.3) is 0 Å². The monoisotopic (exact) mass is 477 g/mol. The summed E-state index contributed by atoms with van der Waals surface area (Å²) in [5.74, 6) is -0.856. The Kier molecular flexibility index (Phi) is 11.5. The molecule has 2 unspecified atom stereocenters. The van der Waals surface area contributed by atoms with Crippen molar-refractivity contribution in [1.82, 2.24) is 15.5 Å². The summed E-state index contributed by atoms with van der Waals surface area (Å²) in [6.07, 6.45) is 2.06. The molecule has 0 heterocycles. The first kappa shape index (κ1) is 29.4. The van der Waals surface area contributed by atoms with Crippen LogP contribution in [0, 0.1) is 13.8 Å². The molecule has 0 saturated heterocycles. The fraction of sp³-hybridized carbons (Fsp3) is 0.654. The molecular weight excluding hydrogens is 434 g/mol. The number of aliphatic hydroxyl groups is 1. The maximum atomic E-state index is 13.6. The lowest BCUT2D eigenvalue weighted by Crippen LogP contribution is -2.56. The van der Waals surface area contributed by atoms with Crippen molar-refractivity contribution in [3.63, 3.8) is 0 Å². The third-order valence-corrected chi connectivity index (χ3v) is 5.44. The van der Waals surface area contributed by atoms with Crippen LogP contribution in [-0.2, 0) is 14.3 Å². The summed E-state index contributed by atoms with van der Waals surface area (Å²) in [6, 6.07) is 3.13. The van der Waals surface area contributed by atoms with Crippen molar-refractivity contribution < 1.29 is 24.2 Å². The van der Waals surface area contributed by atoms with Gasteiger partial charge in [-0.1, -0.05) is 38.0 Å². The third-order valence-electron chi connectivity index (χ3n) is 5.44. The largest absolute Gasteiger partial charge is 0.444 e. The van der Waals surface area contributed by atoms with Crippen LogP contribution in [0.3, 0.4) is 0 Å². The molecule has 2 atom stereocenters. The number of amides is 3. The summed E-state index contributed by atoms with van der Waals surface area (Å²) in [4.78, 5) is 40.7. The summed E-state index contributed by atoms with van der Waals surface area (Å²) < 4.78 is 5.25. The molecule has 1 aromatic rings. The molecule has 192 valence electrons. The highest BCUT2D eigenvalue weighted by atomic mass is 16.6. The highest BCUT2D eigenvalue weighted by Gasteiger charge is 2.37. The molecule has 1 aromatic carbocycles. The van der Waals surface area contributed by atoms with Crippen LogP contribution in [0.2, 0.25) is 0 Å².